The van der Waals surface area contributed by atoms with Gasteiger partial charge in [-0.25, -0.2) is 0 Å². The Balaban J connectivity index is 1.47. The maximum atomic E-state index is 13.1. The van der Waals surface area contributed by atoms with E-state index in [2.05, 4.69) is 29.2 Å². The van der Waals surface area contributed by atoms with Crippen LogP contribution in [0.2, 0.25) is 5.02 Å². The second-order valence-corrected chi connectivity index (χ2v) is 10.4. The number of carbonyl (C=O) groups is 1. The second kappa shape index (κ2) is 9.05. The van der Waals surface area contributed by atoms with Gasteiger partial charge in [0, 0.05) is 24.7 Å². The summed E-state index contributed by atoms with van der Waals surface area (Å²) in [6, 6.07) is 13.3. The summed E-state index contributed by atoms with van der Waals surface area (Å²) < 4.78 is 12.0. The molecule has 2 aliphatic rings. The number of hydrogen-bond acceptors (Lipinski definition) is 5. The molecule has 1 fully saturated rings. The van der Waals surface area contributed by atoms with Crippen molar-refractivity contribution < 1.29 is 19.4 Å². The maximum absolute atomic E-state index is 13.1. The van der Waals surface area contributed by atoms with Crippen LogP contribution in [0.5, 0.6) is 5.75 Å². The number of nitrogens with zero attached hydrogens (tertiary/aromatic N) is 1. The first-order chi connectivity index (χ1) is 15.2. The Hall–Kier alpha value is -2.08. The highest BCUT2D eigenvalue weighted by Gasteiger charge is 2.43. The average molecular weight is 458 g/mol. The third-order valence-electron chi connectivity index (χ3n) is 6.39. The van der Waals surface area contributed by atoms with Crippen LogP contribution in [-0.4, -0.2) is 41.2 Å². The zero-order valence-electron chi connectivity index (χ0n) is 19.1. The van der Waals surface area contributed by atoms with Gasteiger partial charge in [-0.05, 0) is 74.9 Å². The predicted molar refractivity (Wildman–Crippen MR) is 125 cm³/mol. The lowest BCUT2D eigenvalue weighted by molar-refractivity contribution is -0.161. The van der Waals surface area contributed by atoms with Crippen LogP contribution >= 0.6 is 11.6 Å². The molecule has 32 heavy (non-hydrogen) atoms. The summed E-state index contributed by atoms with van der Waals surface area (Å²) in [5.74, 6) is -0.469. The normalized spacial score (nSPS) is 19.0. The minimum atomic E-state index is -0.564. The van der Waals surface area contributed by atoms with E-state index < -0.39 is 5.60 Å². The monoisotopic (exact) mass is 457 g/mol. The number of ether oxygens (including phenoxy) is 2. The Kier molecular flexibility index (Phi) is 6.53. The number of esters is 1. The van der Waals surface area contributed by atoms with Crippen molar-refractivity contribution in [3.05, 3.63) is 64.2 Å². The highest BCUT2D eigenvalue weighted by atomic mass is 35.5. The number of likely N-dealkylation sites (tertiary alicyclic amines) is 1. The SMILES string of the molecule is CC(C)(C)OC(=O)C(Cc1cc(O)ccc1Cl)CN1CCC2(CC1)OCc1ccccc12. The molecule has 0 saturated carbocycles. The van der Waals surface area contributed by atoms with Gasteiger partial charge in [0.2, 0.25) is 0 Å². The molecule has 0 amide bonds. The van der Waals surface area contributed by atoms with Crippen molar-refractivity contribution in [3.8, 4) is 5.75 Å². The van der Waals surface area contributed by atoms with Gasteiger partial charge in [-0.3, -0.25) is 4.79 Å². The summed E-state index contributed by atoms with van der Waals surface area (Å²) >= 11 is 6.36. The lowest BCUT2D eigenvalue weighted by atomic mass is 9.83. The van der Waals surface area contributed by atoms with Gasteiger partial charge < -0.3 is 19.5 Å². The van der Waals surface area contributed by atoms with E-state index in [0.29, 0.717) is 24.6 Å². The quantitative estimate of drug-likeness (QED) is 0.635. The van der Waals surface area contributed by atoms with Crippen LogP contribution in [0.1, 0.15) is 50.3 Å². The lowest BCUT2D eigenvalue weighted by Gasteiger charge is -2.40. The van der Waals surface area contributed by atoms with Crippen LogP contribution < -0.4 is 0 Å². The third kappa shape index (κ3) is 5.11. The fourth-order valence-corrected chi connectivity index (χ4v) is 4.99. The summed E-state index contributed by atoms with van der Waals surface area (Å²) in [6.07, 6.45) is 2.22. The molecule has 1 spiro atoms. The molecular weight excluding hydrogens is 426 g/mol. The maximum Gasteiger partial charge on any atom is 0.311 e. The van der Waals surface area contributed by atoms with E-state index in [0.717, 1.165) is 31.5 Å². The summed E-state index contributed by atoms with van der Waals surface area (Å²) in [5.41, 5.74) is 2.58. The summed E-state index contributed by atoms with van der Waals surface area (Å²) in [4.78, 5) is 15.4. The number of halogens is 1. The van der Waals surface area contributed by atoms with Crippen molar-refractivity contribution in [3.63, 3.8) is 0 Å². The topological polar surface area (TPSA) is 59.0 Å². The lowest BCUT2D eigenvalue weighted by Crippen LogP contribution is -2.46. The van der Waals surface area contributed by atoms with Crippen molar-refractivity contribution >= 4 is 17.6 Å². The molecule has 2 aromatic rings. The predicted octanol–water partition coefficient (Wildman–Crippen LogP) is 5.07. The van der Waals surface area contributed by atoms with E-state index in [9.17, 15) is 9.90 Å². The van der Waals surface area contributed by atoms with E-state index >= 15 is 0 Å². The fourth-order valence-electron chi connectivity index (χ4n) is 4.80. The third-order valence-corrected chi connectivity index (χ3v) is 6.76. The van der Waals surface area contributed by atoms with E-state index in [1.54, 1.807) is 18.2 Å². The molecule has 0 aliphatic carbocycles. The van der Waals surface area contributed by atoms with Crippen LogP contribution in [0.15, 0.2) is 42.5 Å². The van der Waals surface area contributed by atoms with Crippen molar-refractivity contribution in [2.45, 2.75) is 57.8 Å². The Morgan fingerprint density at radius 3 is 2.66 bits per heavy atom. The highest BCUT2D eigenvalue weighted by Crippen LogP contribution is 2.44. The summed E-state index contributed by atoms with van der Waals surface area (Å²) in [6.45, 7) is 8.59. The minimum absolute atomic E-state index is 0.143. The highest BCUT2D eigenvalue weighted by molar-refractivity contribution is 6.31. The van der Waals surface area contributed by atoms with Gasteiger partial charge >= 0.3 is 5.97 Å². The first-order valence-electron chi connectivity index (χ1n) is 11.3. The van der Waals surface area contributed by atoms with Gasteiger partial charge in [-0.15, -0.1) is 0 Å². The molecule has 6 heteroatoms. The number of aromatic hydroxyl groups is 1. The Morgan fingerprint density at radius 1 is 1.22 bits per heavy atom. The summed E-state index contributed by atoms with van der Waals surface area (Å²) in [7, 11) is 0. The molecule has 0 aromatic heterocycles. The number of rotatable bonds is 5. The molecule has 2 heterocycles. The molecule has 1 N–H and O–H groups in total. The number of phenols is 1. The molecule has 4 rings (SSSR count). The molecular formula is C26H32ClNO4. The number of fused-ring (bicyclic) bond motifs is 2. The van der Waals surface area contributed by atoms with E-state index in [1.807, 2.05) is 20.8 Å². The van der Waals surface area contributed by atoms with Gasteiger partial charge in [0.05, 0.1) is 18.1 Å². The first kappa shape index (κ1) is 23.1. The van der Waals surface area contributed by atoms with Crippen molar-refractivity contribution in [1.29, 1.82) is 0 Å². The molecule has 2 aliphatic heterocycles. The average Bonchev–Trinajstić information content (AvgIpc) is 3.09. The van der Waals surface area contributed by atoms with E-state index in [4.69, 9.17) is 21.1 Å². The van der Waals surface area contributed by atoms with Gasteiger partial charge in [0.15, 0.2) is 0 Å². The molecule has 0 radical (unpaired) electrons. The zero-order chi connectivity index (χ0) is 22.9. The van der Waals surface area contributed by atoms with Crippen LogP contribution in [0.3, 0.4) is 0 Å². The van der Waals surface area contributed by atoms with Crippen molar-refractivity contribution in [2.75, 3.05) is 19.6 Å². The number of carbonyl (C=O) groups excluding carboxylic acids is 1. The molecule has 172 valence electrons. The largest absolute Gasteiger partial charge is 0.508 e. The van der Waals surface area contributed by atoms with Crippen LogP contribution in [0.4, 0.5) is 0 Å². The summed E-state index contributed by atoms with van der Waals surface area (Å²) in [5, 5.41) is 10.4. The standard InChI is InChI=1S/C26H32ClNO4/c1-25(2,3)32-24(30)20(14-19-15-21(29)8-9-23(19)27)16-28-12-10-26(11-13-28)22-7-5-4-6-18(22)17-31-26/h4-9,15,20,29H,10-14,16-17H2,1-3H3. The van der Waals surface area contributed by atoms with E-state index in [-0.39, 0.29) is 23.2 Å². The first-order valence-corrected chi connectivity index (χ1v) is 11.7. The van der Waals surface area contributed by atoms with E-state index in [1.165, 1.54) is 11.1 Å². The Bertz CT molecular complexity index is 976. The molecule has 1 unspecified atom stereocenters. The Morgan fingerprint density at radius 2 is 1.94 bits per heavy atom. The number of hydrogen-bond donors (Lipinski definition) is 1. The second-order valence-electron chi connectivity index (χ2n) is 9.95. The number of piperidine rings is 1. The minimum Gasteiger partial charge on any atom is -0.508 e. The fraction of sp³-hybridized carbons (Fsp3) is 0.500. The van der Waals surface area contributed by atoms with Crippen LogP contribution in [0.25, 0.3) is 0 Å². The van der Waals surface area contributed by atoms with Crippen molar-refractivity contribution in [2.24, 2.45) is 5.92 Å². The molecule has 0 bridgehead atoms. The van der Waals surface area contributed by atoms with Crippen LogP contribution in [0, 0.1) is 5.92 Å². The number of phenolic OH excluding ortho intramolecular Hbond substituents is 1. The number of benzene rings is 2. The van der Waals surface area contributed by atoms with Gasteiger partial charge in [-0.1, -0.05) is 35.9 Å². The van der Waals surface area contributed by atoms with Gasteiger partial charge in [0.1, 0.15) is 11.4 Å². The van der Waals surface area contributed by atoms with Gasteiger partial charge in [0.25, 0.3) is 0 Å². The van der Waals surface area contributed by atoms with Crippen LogP contribution in [-0.2, 0) is 32.9 Å². The molecule has 1 atom stereocenters. The molecule has 5 nitrogen and oxygen atoms in total. The van der Waals surface area contributed by atoms with Crippen molar-refractivity contribution in [1.82, 2.24) is 4.90 Å². The smallest absolute Gasteiger partial charge is 0.311 e. The zero-order valence-corrected chi connectivity index (χ0v) is 19.8. The molecule has 2 aromatic carbocycles. The van der Waals surface area contributed by atoms with Gasteiger partial charge in [-0.2, -0.15) is 0 Å². The Labute approximate surface area is 195 Å². The molecule has 1 saturated heterocycles.